The van der Waals surface area contributed by atoms with Crippen LogP contribution >= 0.6 is 11.3 Å². The van der Waals surface area contributed by atoms with E-state index in [4.69, 9.17) is 9.97 Å². The van der Waals surface area contributed by atoms with E-state index in [0.717, 1.165) is 70.4 Å². The lowest BCUT2D eigenvalue weighted by Gasteiger charge is -2.17. The Bertz CT molecular complexity index is 2990. The van der Waals surface area contributed by atoms with Gasteiger partial charge in [-0.2, -0.15) is 5.26 Å². The number of thiophene rings is 1. The molecule has 3 aromatic heterocycles. The second-order valence-corrected chi connectivity index (χ2v) is 13.6. The van der Waals surface area contributed by atoms with Crippen LogP contribution in [-0.2, 0) is 0 Å². The van der Waals surface area contributed by atoms with E-state index in [-0.39, 0.29) is 0 Å². The molecule has 0 aliphatic carbocycles. The molecule has 0 saturated heterocycles. The summed E-state index contributed by atoms with van der Waals surface area (Å²) < 4.78 is 4.69. The van der Waals surface area contributed by atoms with Crippen LogP contribution in [0.1, 0.15) is 5.56 Å². The van der Waals surface area contributed by atoms with Crippen LogP contribution in [0.2, 0.25) is 0 Å². The summed E-state index contributed by atoms with van der Waals surface area (Å²) in [6.45, 7) is 0. The van der Waals surface area contributed by atoms with E-state index in [9.17, 15) is 5.26 Å². The molecule has 0 aliphatic heterocycles. The van der Waals surface area contributed by atoms with Crippen molar-refractivity contribution < 1.29 is 0 Å². The molecule has 0 spiro atoms. The largest absolute Gasteiger partial charge is 0.309 e. The van der Waals surface area contributed by atoms with Gasteiger partial charge in [0.2, 0.25) is 0 Å². The summed E-state index contributed by atoms with van der Waals surface area (Å²) in [4.78, 5) is 10.6. The fraction of sp³-hybridized carbons (Fsp3) is 0. The first-order valence-electron chi connectivity index (χ1n) is 16.6. The van der Waals surface area contributed by atoms with Gasteiger partial charge >= 0.3 is 0 Å². The van der Waals surface area contributed by atoms with Crippen molar-refractivity contribution in [2.24, 2.45) is 0 Å². The molecule has 232 valence electrons. The number of benzene rings is 7. The molecule has 0 unspecified atom stereocenters. The van der Waals surface area contributed by atoms with Crippen LogP contribution in [0.3, 0.4) is 0 Å². The van der Waals surface area contributed by atoms with Gasteiger partial charge in [-0.3, -0.25) is 0 Å². The third-order valence-electron chi connectivity index (χ3n) is 9.63. The Balaban J connectivity index is 1.44. The molecule has 50 heavy (non-hydrogen) atoms. The number of para-hydroxylation sites is 2. The standard InChI is InChI=1S/C45H26N4S/c46-27-36-42(31-24-23-28-13-7-8-16-30(28)25-31)47-45(29-14-3-1-4-15-29)48-43(36)41-40-34-20-10-12-22-38(34)50-39(40)26-35-33-19-9-11-21-37(33)49(44(35)41)32-17-5-2-6-18-32/h1-26H. The van der Waals surface area contributed by atoms with E-state index in [1.807, 2.05) is 48.5 Å². The lowest BCUT2D eigenvalue weighted by atomic mass is 9.94. The summed E-state index contributed by atoms with van der Waals surface area (Å²) in [5.74, 6) is 0.579. The van der Waals surface area contributed by atoms with Crippen molar-refractivity contribution in [3.05, 3.63) is 163 Å². The molecule has 5 heteroatoms. The Morgan fingerprint density at radius 2 is 1.22 bits per heavy atom. The van der Waals surface area contributed by atoms with Gasteiger partial charge in [0, 0.05) is 53.3 Å². The molecule has 0 bridgehead atoms. The van der Waals surface area contributed by atoms with Crippen molar-refractivity contribution in [2.45, 2.75) is 0 Å². The van der Waals surface area contributed by atoms with Crippen LogP contribution in [0, 0.1) is 11.3 Å². The smallest absolute Gasteiger partial charge is 0.160 e. The molecule has 0 aliphatic rings. The van der Waals surface area contributed by atoms with E-state index >= 15 is 0 Å². The fourth-order valence-electron chi connectivity index (χ4n) is 7.42. The van der Waals surface area contributed by atoms with Crippen LogP contribution in [-0.4, -0.2) is 14.5 Å². The SMILES string of the molecule is N#Cc1c(-c2ccc3ccccc3c2)nc(-c2ccccc2)nc1-c1c2c(cc3c4ccccc4n(-c4ccccc4)c13)sc1ccccc12. The predicted octanol–water partition coefficient (Wildman–Crippen LogP) is 12.0. The van der Waals surface area contributed by atoms with Crippen LogP contribution in [0.5, 0.6) is 0 Å². The Morgan fingerprint density at radius 1 is 0.540 bits per heavy atom. The zero-order valence-corrected chi connectivity index (χ0v) is 27.5. The van der Waals surface area contributed by atoms with Crippen molar-refractivity contribution in [1.82, 2.24) is 14.5 Å². The maximum atomic E-state index is 11.2. The quantitative estimate of drug-likeness (QED) is 0.190. The molecular formula is C45H26N4S. The number of hydrogen-bond acceptors (Lipinski definition) is 4. The van der Waals surface area contributed by atoms with Crippen LogP contribution in [0.4, 0.5) is 0 Å². The number of hydrogen-bond donors (Lipinski definition) is 0. The molecule has 0 saturated carbocycles. The van der Waals surface area contributed by atoms with Gasteiger partial charge in [-0.1, -0.05) is 121 Å². The minimum absolute atomic E-state index is 0.453. The van der Waals surface area contributed by atoms with E-state index in [2.05, 4.69) is 120 Å². The zero-order valence-electron chi connectivity index (χ0n) is 26.7. The summed E-state index contributed by atoms with van der Waals surface area (Å²) in [5.41, 5.74) is 7.57. The minimum atomic E-state index is 0.453. The number of rotatable bonds is 4. The summed E-state index contributed by atoms with van der Waals surface area (Å²) in [7, 11) is 0. The lowest BCUT2D eigenvalue weighted by molar-refractivity contribution is 1.16. The second kappa shape index (κ2) is 11.2. The van der Waals surface area contributed by atoms with Gasteiger partial charge in [0.15, 0.2) is 5.82 Å². The average molecular weight is 655 g/mol. The molecule has 10 rings (SSSR count). The van der Waals surface area contributed by atoms with E-state index < -0.39 is 0 Å². The lowest BCUT2D eigenvalue weighted by Crippen LogP contribution is -2.03. The molecule has 7 aromatic carbocycles. The molecule has 0 N–H and O–H groups in total. The third kappa shape index (κ3) is 4.29. The second-order valence-electron chi connectivity index (χ2n) is 12.5. The molecule has 0 fully saturated rings. The monoisotopic (exact) mass is 654 g/mol. The Labute approximate surface area is 291 Å². The number of aromatic nitrogens is 3. The van der Waals surface area contributed by atoms with E-state index in [1.54, 1.807) is 11.3 Å². The Kier molecular flexibility index (Phi) is 6.38. The number of fused-ring (bicyclic) bond motifs is 7. The van der Waals surface area contributed by atoms with Gasteiger partial charge in [0.1, 0.15) is 11.6 Å². The molecule has 4 nitrogen and oxygen atoms in total. The van der Waals surface area contributed by atoms with Crippen LogP contribution in [0.15, 0.2) is 158 Å². The first-order chi connectivity index (χ1) is 24.8. The summed E-state index contributed by atoms with van der Waals surface area (Å²) in [6.07, 6.45) is 0. The van der Waals surface area contributed by atoms with Gasteiger partial charge in [0.05, 0.1) is 22.4 Å². The van der Waals surface area contributed by atoms with Crippen LogP contribution in [0.25, 0.3) is 92.3 Å². The molecule has 0 atom stereocenters. The zero-order chi connectivity index (χ0) is 33.2. The van der Waals surface area contributed by atoms with Crippen molar-refractivity contribution in [2.75, 3.05) is 0 Å². The Morgan fingerprint density at radius 3 is 2.04 bits per heavy atom. The first kappa shape index (κ1) is 28.4. The highest BCUT2D eigenvalue weighted by molar-refractivity contribution is 7.26. The molecule has 0 radical (unpaired) electrons. The van der Waals surface area contributed by atoms with Crippen molar-refractivity contribution >= 4 is 64.1 Å². The van der Waals surface area contributed by atoms with Crippen molar-refractivity contribution in [3.8, 4) is 45.7 Å². The molecule has 0 amide bonds. The van der Waals surface area contributed by atoms with Crippen molar-refractivity contribution in [1.29, 1.82) is 5.26 Å². The highest BCUT2D eigenvalue weighted by Gasteiger charge is 2.27. The van der Waals surface area contributed by atoms with Gasteiger partial charge in [-0.15, -0.1) is 11.3 Å². The van der Waals surface area contributed by atoms with E-state index in [0.29, 0.717) is 22.8 Å². The predicted molar refractivity (Wildman–Crippen MR) is 208 cm³/mol. The van der Waals surface area contributed by atoms with Crippen LogP contribution < -0.4 is 0 Å². The number of nitrogens with zero attached hydrogens (tertiary/aromatic N) is 4. The van der Waals surface area contributed by atoms with Gasteiger partial charge in [-0.05, 0) is 47.2 Å². The van der Waals surface area contributed by atoms with E-state index in [1.165, 1.54) is 4.70 Å². The summed E-state index contributed by atoms with van der Waals surface area (Å²) in [6, 6.07) is 57.2. The normalized spacial score (nSPS) is 11.6. The maximum Gasteiger partial charge on any atom is 0.160 e. The topological polar surface area (TPSA) is 54.5 Å². The summed E-state index contributed by atoms with van der Waals surface area (Å²) in [5, 5.41) is 17.9. The van der Waals surface area contributed by atoms with Gasteiger partial charge in [0.25, 0.3) is 0 Å². The summed E-state index contributed by atoms with van der Waals surface area (Å²) >= 11 is 1.78. The molecular weight excluding hydrogens is 629 g/mol. The molecule has 10 aromatic rings. The highest BCUT2D eigenvalue weighted by atomic mass is 32.1. The molecule has 3 heterocycles. The van der Waals surface area contributed by atoms with Gasteiger partial charge < -0.3 is 4.57 Å². The highest BCUT2D eigenvalue weighted by Crippen LogP contribution is 2.48. The first-order valence-corrected chi connectivity index (χ1v) is 17.4. The Hall–Kier alpha value is -6.61. The minimum Gasteiger partial charge on any atom is -0.309 e. The maximum absolute atomic E-state index is 11.2. The average Bonchev–Trinajstić information content (AvgIpc) is 3.72. The fourth-order valence-corrected chi connectivity index (χ4v) is 8.57. The third-order valence-corrected chi connectivity index (χ3v) is 10.7. The number of nitriles is 1. The van der Waals surface area contributed by atoms with Gasteiger partial charge in [-0.25, -0.2) is 9.97 Å². The van der Waals surface area contributed by atoms with Crippen molar-refractivity contribution in [3.63, 3.8) is 0 Å².